The van der Waals surface area contributed by atoms with Crippen molar-refractivity contribution in [3.63, 3.8) is 0 Å². The molecule has 1 N–H and O–H groups in total. The van der Waals surface area contributed by atoms with Crippen molar-refractivity contribution in [1.29, 1.82) is 0 Å². The molecule has 0 saturated heterocycles. The van der Waals surface area contributed by atoms with Crippen LogP contribution in [-0.4, -0.2) is 46.7 Å². The van der Waals surface area contributed by atoms with E-state index in [1.54, 1.807) is 0 Å². The summed E-state index contributed by atoms with van der Waals surface area (Å²) in [6.45, 7) is -1.47. The van der Waals surface area contributed by atoms with Crippen LogP contribution in [0.15, 0.2) is 59.5 Å². The van der Waals surface area contributed by atoms with Crippen LogP contribution in [-0.2, 0) is 19.3 Å². The van der Waals surface area contributed by atoms with Crippen molar-refractivity contribution in [2.75, 3.05) is 0 Å². The minimum Gasteiger partial charge on any atom is -0.382 e. The molecule has 8 nitrogen and oxygen atoms in total. The van der Waals surface area contributed by atoms with Gasteiger partial charge in [-0.05, 0) is 42.5 Å². The third kappa shape index (κ3) is 5.44. The van der Waals surface area contributed by atoms with Crippen molar-refractivity contribution in [3.8, 4) is 17.1 Å². The Kier molecular flexibility index (Phi) is 6.66. The van der Waals surface area contributed by atoms with Gasteiger partial charge in [-0.15, -0.1) is 10.2 Å². The van der Waals surface area contributed by atoms with Gasteiger partial charge in [0, 0.05) is 10.6 Å². The number of nitrogens with zero attached hydrogens (tertiary/aromatic N) is 6. The summed E-state index contributed by atoms with van der Waals surface area (Å²) in [5.74, 6) is -0.162. The van der Waals surface area contributed by atoms with Crippen LogP contribution >= 0.6 is 11.6 Å². The zero-order valence-corrected chi connectivity index (χ0v) is 18.6. The first-order valence-electron chi connectivity index (χ1n) is 10.1. The fourth-order valence-electron chi connectivity index (χ4n) is 3.27. The number of aliphatic hydroxyl groups excluding tert-OH is 1. The summed E-state index contributed by atoms with van der Waals surface area (Å²) in [6, 6.07) is 10.1. The minimum atomic E-state index is -4.98. The second-order valence-electron chi connectivity index (χ2n) is 7.64. The molecule has 0 amide bonds. The summed E-state index contributed by atoms with van der Waals surface area (Å²) in [7, 11) is 0. The number of aromatic nitrogens is 6. The van der Waals surface area contributed by atoms with Crippen molar-refractivity contribution in [2.24, 2.45) is 0 Å². The molecule has 0 spiro atoms. The quantitative estimate of drug-likeness (QED) is 0.380. The summed E-state index contributed by atoms with van der Waals surface area (Å²) in [4.78, 5) is 12.9. The predicted molar refractivity (Wildman–Crippen MR) is 114 cm³/mol. The van der Waals surface area contributed by atoms with E-state index in [0.29, 0.717) is 9.59 Å². The lowest BCUT2D eigenvalue weighted by atomic mass is 10.2. The largest absolute Gasteiger partial charge is 0.416 e. The standard InChI is InChI=1S/C21H15ClF6N6O2/c22-14-6-4-12(5-7-14)18-30-34(19(36)32(18)11-17(35)21(26,27)28)10-15-9-33(31-29-15)16-3-1-2-13(8-16)20(23,24)25/h1-9,17,35H,10-11H2. The monoisotopic (exact) mass is 532 g/mol. The molecule has 0 aliphatic rings. The third-order valence-electron chi connectivity index (χ3n) is 5.05. The summed E-state index contributed by atoms with van der Waals surface area (Å²) in [5, 5.41) is 21.5. The van der Waals surface area contributed by atoms with Gasteiger partial charge in [0.15, 0.2) is 11.9 Å². The molecule has 1 atom stereocenters. The van der Waals surface area contributed by atoms with Crippen molar-refractivity contribution in [2.45, 2.75) is 31.5 Å². The Labute approximate surface area is 203 Å². The van der Waals surface area contributed by atoms with E-state index in [-0.39, 0.29) is 29.3 Å². The Balaban J connectivity index is 1.68. The molecule has 4 aromatic rings. The Morgan fingerprint density at radius 1 is 1.03 bits per heavy atom. The molecule has 1 unspecified atom stereocenters. The average Bonchev–Trinajstić information content (AvgIpc) is 3.39. The summed E-state index contributed by atoms with van der Waals surface area (Å²) >= 11 is 5.85. The molecular formula is C21H15ClF6N6O2. The highest BCUT2D eigenvalue weighted by Gasteiger charge is 2.39. The van der Waals surface area contributed by atoms with Gasteiger partial charge in [0.2, 0.25) is 0 Å². The highest BCUT2D eigenvalue weighted by Crippen LogP contribution is 2.30. The van der Waals surface area contributed by atoms with Gasteiger partial charge < -0.3 is 5.11 Å². The number of rotatable bonds is 6. The van der Waals surface area contributed by atoms with E-state index in [9.17, 15) is 36.2 Å². The van der Waals surface area contributed by atoms with E-state index >= 15 is 0 Å². The van der Waals surface area contributed by atoms with Gasteiger partial charge in [-0.25, -0.2) is 14.2 Å². The van der Waals surface area contributed by atoms with Crippen LogP contribution in [0, 0.1) is 0 Å². The first-order chi connectivity index (χ1) is 16.8. The normalized spacial score (nSPS) is 13.2. The average molecular weight is 533 g/mol. The molecule has 190 valence electrons. The van der Waals surface area contributed by atoms with Crippen molar-refractivity contribution >= 4 is 11.6 Å². The Morgan fingerprint density at radius 3 is 2.36 bits per heavy atom. The molecule has 2 aromatic heterocycles. The van der Waals surface area contributed by atoms with Crippen LogP contribution in [0.5, 0.6) is 0 Å². The lowest BCUT2D eigenvalue weighted by molar-refractivity contribution is -0.207. The summed E-state index contributed by atoms with van der Waals surface area (Å²) in [6.07, 6.45) is -11.1. The zero-order valence-electron chi connectivity index (χ0n) is 17.9. The minimum absolute atomic E-state index is 0.0524. The number of alkyl halides is 6. The first-order valence-corrected chi connectivity index (χ1v) is 10.5. The molecule has 4 rings (SSSR count). The molecule has 0 aliphatic carbocycles. The van der Waals surface area contributed by atoms with Crippen LogP contribution in [0.25, 0.3) is 17.1 Å². The smallest absolute Gasteiger partial charge is 0.382 e. The van der Waals surface area contributed by atoms with Crippen LogP contribution in [0.3, 0.4) is 0 Å². The maximum absolute atomic E-state index is 13.0. The van der Waals surface area contributed by atoms with Gasteiger partial charge >= 0.3 is 18.0 Å². The second-order valence-corrected chi connectivity index (χ2v) is 8.08. The maximum Gasteiger partial charge on any atom is 0.416 e. The van der Waals surface area contributed by atoms with Crippen LogP contribution in [0.2, 0.25) is 5.02 Å². The van der Waals surface area contributed by atoms with E-state index in [2.05, 4.69) is 15.4 Å². The topological polar surface area (TPSA) is 90.8 Å². The van der Waals surface area contributed by atoms with Crippen molar-refractivity contribution in [3.05, 3.63) is 81.5 Å². The Morgan fingerprint density at radius 2 is 1.72 bits per heavy atom. The lowest BCUT2D eigenvalue weighted by Gasteiger charge is -2.15. The summed E-state index contributed by atoms with van der Waals surface area (Å²) in [5.41, 5.74) is -1.47. The number of halogens is 7. The van der Waals surface area contributed by atoms with E-state index < -0.39 is 36.3 Å². The van der Waals surface area contributed by atoms with Crippen LogP contribution < -0.4 is 5.69 Å². The molecular weight excluding hydrogens is 518 g/mol. The molecule has 2 aromatic carbocycles. The molecule has 0 radical (unpaired) electrons. The van der Waals surface area contributed by atoms with Gasteiger partial charge in [0.1, 0.15) is 5.69 Å². The molecule has 15 heteroatoms. The van der Waals surface area contributed by atoms with Crippen molar-refractivity contribution < 1.29 is 31.4 Å². The predicted octanol–water partition coefficient (Wildman–Crippen LogP) is 3.94. The van der Waals surface area contributed by atoms with Crippen LogP contribution in [0.1, 0.15) is 11.3 Å². The van der Waals surface area contributed by atoms with Gasteiger partial charge in [0.25, 0.3) is 0 Å². The third-order valence-corrected chi connectivity index (χ3v) is 5.30. The second kappa shape index (κ2) is 9.43. The SMILES string of the molecule is O=c1n(Cc2cn(-c3cccc(C(F)(F)F)c3)nn2)nc(-c2ccc(Cl)cc2)n1CC(O)C(F)(F)F. The lowest BCUT2D eigenvalue weighted by Crippen LogP contribution is -2.37. The molecule has 2 heterocycles. The van der Waals surface area contributed by atoms with Gasteiger partial charge in [-0.2, -0.15) is 26.3 Å². The van der Waals surface area contributed by atoms with Crippen molar-refractivity contribution in [1.82, 2.24) is 29.3 Å². The fraction of sp³-hybridized carbons (Fsp3) is 0.238. The maximum atomic E-state index is 13.0. The molecule has 0 fully saturated rings. The Bertz CT molecular complexity index is 1420. The summed E-state index contributed by atoms with van der Waals surface area (Å²) < 4.78 is 80.4. The number of hydrogen-bond acceptors (Lipinski definition) is 5. The molecule has 0 bridgehead atoms. The van der Waals surface area contributed by atoms with Crippen LogP contribution in [0.4, 0.5) is 26.3 Å². The van der Waals surface area contributed by atoms with E-state index in [0.717, 1.165) is 21.5 Å². The van der Waals surface area contributed by atoms with Gasteiger partial charge in [0.05, 0.1) is 30.5 Å². The molecule has 0 aliphatic heterocycles. The number of benzene rings is 2. The van der Waals surface area contributed by atoms with E-state index in [1.165, 1.54) is 42.6 Å². The Hall–Kier alpha value is -3.65. The van der Waals surface area contributed by atoms with Gasteiger partial charge in [-0.3, -0.25) is 4.57 Å². The first kappa shape index (κ1) is 25.4. The number of aliphatic hydroxyl groups is 1. The number of hydrogen-bond donors (Lipinski definition) is 1. The van der Waals surface area contributed by atoms with E-state index in [4.69, 9.17) is 11.6 Å². The highest BCUT2D eigenvalue weighted by molar-refractivity contribution is 6.30. The fourth-order valence-corrected chi connectivity index (χ4v) is 3.40. The highest BCUT2D eigenvalue weighted by atomic mass is 35.5. The zero-order chi connectivity index (χ0) is 26.3. The molecule has 36 heavy (non-hydrogen) atoms. The van der Waals surface area contributed by atoms with E-state index in [1.807, 2.05) is 0 Å². The van der Waals surface area contributed by atoms with Gasteiger partial charge in [-0.1, -0.05) is 22.9 Å². The molecule has 0 saturated carbocycles.